The van der Waals surface area contributed by atoms with E-state index >= 15 is 0 Å². The van der Waals surface area contributed by atoms with E-state index in [1.807, 2.05) is 0 Å². The third-order valence-electron chi connectivity index (χ3n) is 3.91. The summed E-state index contributed by atoms with van der Waals surface area (Å²) in [6.45, 7) is 4.33. The summed E-state index contributed by atoms with van der Waals surface area (Å²) in [4.78, 5) is 0.542. The van der Waals surface area contributed by atoms with Gasteiger partial charge in [-0.3, -0.25) is 0 Å². The summed E-state index contributed by atoms with van der Waals surface area (Å²) in [6, 6.07) is 10.8. The van der Waals surface area contributed by atoms with Crippen LogP contribution in [0.4, 0.5) is 0 Å². The molecule has 1 aromatic rings. The van der Waals surface area contributed by atoms with E-state index in [1.165, 1.54) is 10.9 Å². The van der Waals surface area contributed by atoms with Crippen LogP contribution in [-0.2, 0) is 9.47 Å². The molecule has 18 heavy (non-hydrogen) atoms. The van der Waals surface area contributed by atoms with Crippen LogP contribution >= 0.6 is 0 Å². The van der Waals surface area contributed by atoms with E-state index in [-0.39, 0.29) is 5.79 Å². The first-order chi connectivity index (χ1) is 8.71. The number of benzene rings is 1. The summed E-state index contributed by atoms with van der Waals surface area (Å²) in [5, 5.41) is 0. The molecule has 1 aromatic carbocycles. The Labute approximate surface area is 115 Å². The van der Waals surface area contributed by atoms with Crippen LogP contribution in [0.15, 0.2) is 30.3 Å². The predicted octanol–water partition coefficient (Wildman–Crippen LogP) is 2.51. The number of hydrogen-bond acceptors (Lipinski definition) is 2. The second-order valence-corrected chi connectivity index (χ2v) is 7.91. The fraction of sp³-hybridized carbons (Fsp3) is 0.600. The van der Waals surface area contributed by atoms with Crippen LogP contribution in [0.3, 0.4) is 0 Å². The summed E-state index contributed by atoms with van der Waals surface area (Å²) in [6.07, 6.45) is 4.11. The van der Waals surface area contributed by atoms with Crippen molar-refractivity contribution in [2.75, 3.05) is 0 Å². The predicted molar refractivity (Wildman–Crippen MR) is 73.3 cm³/mol. The van der Waals surface area contributed by atoms with Crippen molar-refractivity contribution in [1.29, 1.82) is 0 Å². The van der Waals surface area contributed by atoms with Gasteiger partial charge in [-0.1, -0.05) is 0 Å². The van der Waals surface area contributed by atoms with Crippen molar-refractivity contribution in [2.45, 2.75) is 55.9 Å². The standard InChI is InChI=1S/C15H20O2Se/c1-3-12-13-9-10-14(15(2,16-12)17-13)18-11-7-5-4-6-8-11/h4-8,12-14H,3,9-10H2,1-2H3/t12-,13-,14+,15+/m1/s1. The van der Waals surface area contributed by atoms with E-state index in [1.54, 1.807) is 0 Å². The Morgan fingerprint density at radius 3 is 2.72 bits per heavy atom. The van der Waals surface area contributed by atoms with Crippen molar-refractivity contribution < 1.29 is 9.47 Å². The summed E-state index contributed by atoms with van der Waals surface area (Å²) < 4.78 is 13.8. The van der Waals surface area contributed by atoms with Gasteiger partial charge in [0, 0.05) is 0 Å². The van der Waals surface area contributed by atoms with E-state index < -0.39 is 0 Å². The molecule has 0 saturated carbocycles. The maximum absolute atomic E-state index is 6.20. The molecule has 0 aliphatic carbocycles. The number of ether oxygens (including phenoxy) is 2. The van der Waals surface area contributed by atoms with Crippen molar-refractivity contribution in [1.82, 2.24) is 0 Å². The first kappa shape index (κ1) is 12.7. The molecule has 4 atom stereocenters. The van der Waals surface area contributed by atoms with Crippen LogP contribution in [0.2, 0.25) is 4.82 Å². The zero-order valence-electron chi connectivity index (χ0n) is 11.0. The zero-order chi connectivity index (χ0) is 12.6. The summed E-state index contributed by atoms with van der Waals surface area (Å²) in [5.74, 6) is -0.334. The van der Waals surface area contributed by atoms with Gasteiger partial charge in [-0.25, -0.2) is 0 Å². The third kappa shape index (κ3) is 2.25. The van der Waals surface area contributed by atoms with E-state index in [0.717, 1.165) is 12.8 Å². The molecule has 0 amide bonds. The molecular weight excluding hydrogens is 291 g/mol. The molecule has 0 aromatic heterocycles. The van der Waals surface area contributed by atoms with Crippen LogP contribution < -0.4 is 4.46 Å². The average molecular weight is 311 g/mol. The van der Waals surface area contributed by atoms with Gasteiger partial charge in [-0.2, -0.15) is 0 Å². The molecule has 0 N–H and O–H groups in total. The molecule has 2 aliphatic rings. The molecule has 2 nitrogen and oxygen atoms in total. The Balaban J connectivity index is 1.74. The van der Waals surface area contributed by atoms with Gasteiger partial charge in [0.05, 0.1) is 0 Å². The molecule has 3 heteroatoms. The first-order valence-corrected chi connectivity index (χ1v) is 8.63. The average Bonchev–Trinajstić information content (AvgIpc) is 2.67. The summed E-state index contributed by atoms with van der Waals surface area (Å²) in [5.41, 5.74) is 0. The van der Waals surface area contributed by atoms with Crippen molar-refractivity contribution in [3.63, 3.8) is 0 Å². The number of rotatable bonds is 3. The minimum absolute atomic E-state index is 0.312. The Kier molecular flexibility index (Phi) is 3.50. The number of hydrogen-bond donors (Lipinski definition) is 0. The second kappa shape index (κ2) is 4.97. The van der Waals surface area contributed by atoms with Crippen LogP contribution in [0.5, 0.6) is 0 Å². The summed E-state index contributed by atoms with van der Waals surface area (Å²) in [7, 11) is 0. The quantitative estimate of drug-likeness (QED) is 0.799. The molecule has 2 saturated heterocycles. The second-order valence-electron chi connectivity index (χ2n) is 5.23. The summed E-state index contributed by atoms with van der Waals surface area (Å²) >= 11 is 0.434. The molecule has 2 bridgehead atoms. The fourth-order valence-electron chi connectivity index (χ4n) is 2.93. The van der Waals surface area contributed by atoms with E-state index in [4.69, 9.17) is 9.47 Å². The molecule has 3 rings (SSSR count). The van der Waals surface area contributed by atoms with Gasteiger partial charge in [0.15, 0.2) is 0 Å². The van der Waals surface area contributed by atoms with Gasteiger partial charge in [0.2, 0.25) is 0 Å². The molecule has 2 fully saturated rings. The van der Waals surface area contributed by atoms with Crippen LogP contribution in [0.25, 0.3) is 0 Å². The molecule has 0 spiro atoms. The molecule has 0 radical (unpaired) electrons. The topological polar surface area (TPSA) is 18.5 Å². The van der Waals surface area contributed by atoms with Gasteiger partial charge >= 0.3 is 115 Å². The molecule has 2 aliphatic heterocycles. The Morgan fingerprint density at radius 2 is 2.00 bits per heavy atom. The van der Waals surface area contributed by atoms with Crippen molar-refractivity contribution in [3.8, 4) is 0 Å². The fourth-order valence-corrected chi connectivity index (χ4v) is 5.49. The normalized spacial score (nSPS) is 38.9. The van der Waals surface area contributed by atoms with Crippen LogP contribution in [0, 0.1) is 0 Å². The van der Waals surface area contributed by atoms with Gasteiger partial charge < -0.3 is 0 Å². The molecule has 0 unspecified atom stereocenters. The van der Waals surface area contributed by atoms with E-state index in [9.17, 15) is 0 Å². The zero-order valence-corrected chi connectivity index (χ0v) is 12.7. The number of fused-ring (bicyclic) bond motifs is 2. The Bertz CT molecular complexity index is 408. The Morgan fingerprint density at radius 1 is 1.22 bits per heavy atom. The Hall–Kier alpha value is -0.341. The van der Waals surface area contributed by atoms with Gasteiger partial charge in [-0.05, 0) is 0 Å². The van der Waals surface area contributed by atoms with Crippen LogP contribution in [-0.4, -0.2) is 33.0 Å². The third-order valence-corrected chi connectivity index (χ3v) is 7.04. The first-order valence-electron chi connectivity index (χ1n) is 6.78. The maximum atomic E-state index is 6.20. The van der Waals surface area contributed by atoms with E-state index in [0.29, 0.717) is 32.0 Å². The van der Waals surface area contributed by atoms with Crippen molar-refractivity contribution in [3.05, 3.63) is 30.3 Å². The molecular formula is C15H20O2Se. The van der Waals surface area contributed by atoms with Crippen molar-refractivity contribution >= 4 is 19.4 Å². The van der Waals surface area contributed by atoms with Crippen LogP contribution in [0.1, 0.15) is 33.1 Å². The SMILES string of the molecule is CC[C@H]1O[C@@]2(C)O[C@@H]1CC[C@@H]2[Se]c1ccccc1. The monoisotopic (exact) mass is 312 g/mol. The molecule has 98 valence electrons. The van der Waals surface area contributed by atoms with Gasteiger partial charge in [0.25, 0.3) is 0 Å². The van der Waals surface area contributed by atoms with Gasteiger partial charge in [0.1, 0.15) is 0 Å². The minimum atomic E-state index is -0.334. The molecule has 2 heterocycles. The van der Waals surface area contributed by atoms with Gasteiger partial charge in [-0.15, -0.1) is 0 Å². The van der Waals surface area contributed by atoms with E-state index in [2.05, 4.69) is 44.2 Å². The van der Waals surface area contributed by atoms with Crippen molar-refractivity contribution in [2.24, 2.45) is 0 Å².